The highest BCUT2D eigenvalue weighted by Gasteiger charge is 2.32. The number of aliphatic hydroxyl groups excluding tert-OH is 1. The molecule has 0 saturated heterocycles. The van der Waals surface area contributed by atoms with Crippen molar-refractivity contribution < 1.29 is 43.3 Å². The zero-order valence-electron chi connectivity index (χ0n) is 29.5. The second kappa shape index (κ2) is 20.6. The molecule has 0 heterocycles. The highest BCUT2D eigenvalue weighted by Crippen LogP contribution is 2.16. The van der Waals surface area contributed by atoms with Crippen LogP contribution in [0, 0.1) is 0 Å². The molecule has 53 heavy (non-hydrogen) atoms. The number of hydrogen-bond donors (Lipinski definition) is 5. The van der Waals surface area contributed by atoms with Crippen molar-refractivity contribution in [3.8, 4) is 5.75 Å². The minimum absolute atomic E-state index is 0.00607. The third-order valence-electron chi connectivity index (χ3n) is 8.02. The summed E-state index contributed by atoms with van der Waals surface area (Å²) in [6.07, 6.45) is -2.09. The number of esters is 1. The lowest BCUT2D eigenvalue weighted by Gasteiger charge is -2.26. The lowest BCUT2D eigenvalue weighted by atomic mass is 10.0. The van der Waals surface area contributed by atoms with Gasteiger partial charge in [0.15, 0.2) is 6.04 Å². The van der Waals surface area contributed by atoms with Crippen LogP contribution in [0.2, 0.25) is 0 Å². The molecule has 13 heteroatoms. The minimum Gasteiger partial charge on any atom is -0.489 e. The standard InChI is InChI=1S/C40H44N4O9/c1-27(45)36(39(49)51-2)44-38(48)34(23-29-18-20-32(21-19-29)52-25-30-14-8-4-9-15-30)43-37(47)33(22-28-12-6-3-7-13-28)42-35(46)24-41-40(50)53-26-31-16-10-5-11-17-31/h3-21,27,33-34,36,45H,22-26H2,1-2H3,(H,41,50)(H,42,46)(H,43,47)(H,44,48)/t27-,33+,34-,36+/m0/s1. The normalized spacial score (nSPS) is 12.9. The molecule has 0 radical (unpaired) electrons. The van der Waals surface area contributed by atoms with Crippen molar-refractivity contribution in [2.75, 3.05) is 13.7 Å². The molecule has 0 saturated carbocycles. The van der Waals surface area contributed by atoms with Crippen LogP contribution >= 0.6 is 0 Å². The first-order valence-corrected chi connectivity index (χ1v) is 17.0. The summed E-state index contributed by atoms with van der Waals surface area (Å²) in [7, 11) is 1.12. The van der Waals surface area contributed by atoms with E-state index in [0.29, 0.717) is 17.9 Å². The molecular weight excluding hydrogens is 680 g/mol. The maximum Gasteiger partial charge on any atom is 0.407 e. The SMILES string of the molecule is COC(=O)[C@H](NC(=O)[C@H](Cc1ccc(OCc2ccccc2)cc1)NC(=O)[C@@H](Cc1ccccc1)NC(=O)CNC(=O)OCc1ccccc1)[C@H](C)O. The molecule has 278 valence electrons. The summed E-state index contributed by atoms with van der Waals surface area (Å²) in [4.78, 5) is 65.2. The molecule has 4 rings (SSSR count). The van der Waals surface area contributed by atoms with Gasteiger partial charge in [-0.05, 0) is 41.3 Å². The number of amides is 4. The van der Waals surface area contributed by atoms with Gasteiger partial charge in [-0.15, -0.1) is 0 Å². The molecule has 5 N–H and O–H groups in total. The largest absolute Gasteiger partial charge is 0.489 e. The molecule has 4 atom stereocenters. The third-order valence-corrected chi connectivity index (χ3v) is 8.02. The topological polar surface area (TPSA) is 181 Å². The Morgan fingerprint density at radius 2 is 1.11 bits per heavy atom. The van der Waals surface area contributed by atoms with Crippen LogP contribution in [-0.2, 0) is 54.7 Å². The van der Waals surface area contributed by atoms with Gasteiger partial charge < -0.3 is 40.6 Å². The number of carbonyl (C=O) groups excluding carboxylic acids is 5. The molecule has 0 spiro atoms. The van der Waals surface area contributed by atoms with E-state index in [1.807, 2.05) is 36.4 Å². The fraction of sp³-hybridized carbons (Fsp3) is 0.275. The highest BCUT2D eigenvalue weighted by molar-refractivity contribution is 5.94. The van der Waals surface area contributed by atoms with Crippen LogP contribution in [0.1, 0.15) is 29.2 Å². The zero-order chi connectivity index (χ0) is 38.0. The van der Waals surface area contributed by atoms with Gasteiger partial charge in [0.25, 0.3) is 0 Å². The maximum atomic E-state index is 13.9. The summed E-state index contributed by atoms with van der Waals surface area (Å²) in [5.41, 5.74) is 3.12. The van der Waals surface area contributed by atoms with Gasteiger partial charge in [0.1, 0.15) is 37.6 Å². The number of nitrogens with one attached hydrogen (secondary N) is 4. The minimum atomic E-state index is -1.41. The highest BCUT2D eigenvalue weighted by atomic mass is 16.5. The molecule has 0 fully saturated rings. The zero-order valence-corrected chi connectivity index (χ0v) is 29.5. The van der Waals surface area contributed by atoms with Crippen molar-refractivity contribution in [2.45, 2.75) is 57.2 Å². The van der Waals surface area contributed by atoms with E-state index in [-0.39, 0.29) is 19.4 Å². The number of methoxy groups -OCH3 is 1. The smallest absolute Gasteiger partial charge is 0.407 e. The summed E-state index contributed by atoms with van der Waals surface area (Å²) >= 11 is 0. The van der Waals surface area contributed by atoms with Gasteiger partial charge in [-0.25, -0.2) is 9.59 Å². The average Bonchev–Trinajstić information content (AvgIpc) is 3.18. The van der Waals surface area contributed by atoms with Crippen LogP contribution in [0.15, 0.2) is 115 Å². The van der Waals surface area contributed by atoms with Gasteiger partial charge in [0, 0.05) is 12.8 Å². The van der Waals surface area contributed by atoms with Crippen molar-refractivity contribution >= 4 is 29.8 Å². The summed E-state index contributed by atoms with van der Waals surface area (Å²) in [6.45, 7) is 1.20. The number of carbonyl (C=O) groups is 5. The summed E-state index contributed by atoms with van der Waals surface area (Å²) in [5.74, 6) is -2.44. The fourth-order valence-electron chi connectivity index (χ4n) is 5.17. The van der Waals surface area contributed by atoms with Crippen LogP contribution in [0.3, 0.4) is 0 Å². The molecule has 0 bridgehead atoms. The Morgan fingerprint density at radius 1 is 0.623 bits per heavy atom. The van der Waals surface area contributed by atoms with E-state index in [9.17, 15) is 29.1 Å². The number of benzene rings is 4. The van der Waals surface area contributed by atoms with E-state index >= 15 is 0 Å². The van der Waals surface area contributed by atoms with E-state index in [1.54, 1.807) is 78.9 Å². The predicted octanol–water partition coefficient (Wildman–Crippen LogP) is 2.99. The van der Waals surface area contributed by atoms with Crippen molar-refractivity contribution in [2.24, 2.45) is 0 Å². The molecule has 0 aliphatic carbocycles. The molecule has 4 aromatic carbocycles. The van der Waals surface area contributed by atoms with Crippen molar-refractivity contribution in [3.63, 3.8) is 0 Å². The maximum absolute atomic E-state index is 13.9. The molecule has 0 aliphatic rings. The Bertz CT molecular complexity index is 1770. The number of ether oxygens (including phenoxy) is 3. The molecule has 0 unspecified atom stereocenters. The van der Waals surface area contributed by atoms with Crippen LogP contribution < -0.4 is 26.0 Å². The first-order valence-electron chi connectivity index (χ1n) is 17.0. The van der Waals surface area contributed by atoms with Crippen molar-refractivity contribution in [1.82, 2.24) is 21.3 Å². The molecular formula is C40H44N4O9. The first kappa shape index (κ1) is 39.6. The molecule has 0 aliphatic heterocycles. The first-order chi connectivity index (χ1) is 25.6. The van der Waals surface area contributed by atoms with E-state index < -0.39 is 60.6 Å². The number of hydrogen-bond acceptors (Lipinski definition) is 9. The van der Waals surface area contributed by atoms with Crippen molar-refractivity contribution in [1.29, 1.82) is 0 Å². The number of alkyl carbamates (subject to hydrolysis) is 1. The Hall–Kier alpha value is -6.21. The Labute approximate surface area is 308 Å². The third kappa shape index (κ3) is 13.5. The number of aliphatic hydroxyl groups is 1. The summed E-state index contributed by atoms with van der Waals surface area (Å²) < 4.78 is 15.8. The van der Waals surface area contributed by atoms with Crippen molar-refractivity contribution in [3.05, 3.63) is 138 Å². The molecule has 0 aromatic heterocycles. The summed E-state index contributed by atoms with van der Waals surface area (Å²) in [6, 6.07) is 30.7. The quantitative estimate of drug-likeness (QED) is 0.0965. The monoisotopic (exact) mass is 724 g/mol. The summed E-state index contributed by atoms with van der Waals surface area (Å²) in [5, 5.41) is 20.4. The second-order valence-electron chi connectivity index (χ2n) is 12.2. The van der Waals surface area contributed by atoms with E-state index in [0.717, 1.165) is 23.8 Å². The predicted molar refractivity (Wildman–Crippen MR) is 195 cm³/mol. The molecule has 4 aromatic rings. The lowest BCUT2D eigenvalue weighted by molar-refractivity contribution is -0.148. The van der Waals surface area contributed by atoms with E-state index in [2.05, 4.69) is 21.3 Å². The lowest BCUT2D eigenvalue weighted by Crippen LogP contribution is -2.58. The van der Waals surface area contributed by atoms with Gasteiger partial charge in [-0.1, -0.05) is 103 Å². The van der Waals surface area contributed by atoms with Crippen LogP contribution in [0.5, 0.6) is 5.75 Å². The van der Waals surface area contributed by atoms with Gasteiger partial charge >= 0.3 is 12.1 Å². The second-order valence-corrected chi connectivity index (χ2v) is 12.2. The van der Waals surface area contributed by atoms with Gasteiger partial charge in [0.05, 0.1) is 13.2 Å². The van der Waals surface area contributed by atoms with Gasteiger partial charge in [-0.2, -0.15) is 0 Å². The van der Waals surface area contributed by atoms with E-state index in [4.69, 9.17) is 14.2 Å². The van der Waals surface area contributed by atoms with Crippen LogP contribution in [0.4, 0.5) is 4.79 Å². The Kier molecular flexibility index (Phi) is 15.4. The van der Waals surface area contributed by atoms with E-state index in [1.165, 1.54) is 6.92 Å². The molecule has 4 amide bonds. The fourth-order valence-corrected chi connectivity index (χ4v) is 5.17. The van der Waals surface area contributed by atoms with Crippen LogP contribution in [0.25, 0.3) is 0 Å². The number of rotatable bonds is 18. The van der Waals surface area contributed by atoms with Gasteiger partial charge in [-0.3, -0.25) is 14.4 Å². The van der Waals surface area contributed by atoms with Gasteiger partial charge in [0.2, 0.25) is 17.7 Å². The van der Waals surface area contributed by atoms with Crippen LogP contribution in [-0.4, -0.2) is 72.8 Å². The Balaban J connectivity index is 1.47. The average molecular weight is 725 g/mol. The Morgan fingerprint density at radius 3 is 1.66 bits per heavy atom. The molecule has 13 nitrogen and oxygen atoms in total.